The Morgan fingerprint density at radius 1 is 0.371 bits per heavy atom. The Hall–Kier alpha value is -7.62. The largest absolute Gasteiger partial charge is 0.456 e. The summed E-state index contributed by atoms with van der Waals surface area (Å²) in [6.07, 6.45) is 0. The lowest BCUT2D eigenvalue weighted by molar-refractivity contribution is 0.638. The van der Waals surface area contributed by atoms with Gasteiger partial charge in [0.1, 0.15) is 22.3 Å². The smallest absolute Gasteiger partial charge is 0.143 e. The molecule has 3 heteroatoms. The van der Waals surface area contributed by atoms with Gasteiger partial charge in [0.05, 0.1) is 11.1 Å². The van der Waals surface area contributed by atoms with Crippen LogP contribution in [0.25, 0.3) is 77.3 Å². The molecule has 13 rings (SSSR count). The Kier molecular flexibility index (Phi) is 7.20. The van der Waals surface area contributed by atoms with Crippen LogP contribution in [0.15, 0.2) is 203 Å². The molecule has 0 saturated heterocycles. The van der Waals surface area contributed by atoms with E-state index in [1.165, 1.54) is 50.1 Å². The van der Waals surface area contributed by atoms with Gasteiger partial charge in [-0.1, -0.05) is 166 Å². The van der Waals surface area contributed by atoms with E-state index >= 15 is 0 Å². The molecule has 0 unspecified atom stereocenters. The molecule has 2 aliphatic carbocycles. The standard InChI is InChI=1S/C59H41NO2/c1-58(2)47-22-8-4-15-40(47)43-34-33-38(35-51(43)58)60(37-31-29-36(30-32-37)39-19-12-20-45-44-18-7-11-27-53(44)61-56(39)45)52-26-14-28-54-55(52)46-21-13-25-50(57(46)62-54)59(3)48-23-9-5-16-41(48)42-17-6-10-24-49(42)59/h4-35H,1-3H3. The van der Waals surface area contributed by atoms with Gasteiger partial charge in [-0.2, -0.15) is 0 Å². The number of anilines is 3. The first-order valence-corrected chi connectivity index (χ1v) is 21.6. The number of furan rings is 2. The summed E-state index contributed by atoms with van der Waals surface area (Å²) in [7, 11) is 0. The lowest BCUT2D eigenvalue weighted by Gasteiger charge is -2.29. The molecule has 9 aromatic carbocycles. The minimum Gasteiger partial charge on any atom is -0.456 e. The number of nitrogens with zero attached hydrogens (tertiary/aromatic N) is 1. The second-order valence-corrected chi connectivity index (χ2v) is 17.7. The summed E-state index contributed by atoms with van der Waals surface area (Å²) in [4.78, 5) is 2.43. The summed E-state index contributed by atoms with van der Waals surface area (Å²) >= 11 is 0. The van der Waals surface area contributed by atoms with Crippen LogP contribution in [0, 0.1) is 0 Å². The molecule has 0 spiro atoms. The zero-order chi connectivity index (χ0) is 41.3. The fraction of sp³-hybridized carbons (Fsp3) is 0.0847. The summed E-state index contributed by atoms with van der Waals surface area (Å²) in [6, 6.07) is 70.5. The maximum atomic E-state index is 7.11. The Morgan fingerprint density at radius 3 is 1.68 bits per heavy atom. The molecule has 0 N–H and O–H groups in total. The van der Waals surface area contributed by atoms with Crippen molar-refractivity contribution in [2.75, 3.05) is 4.90 Å². The highest BCUT2D eigenvalue weighted by Crippen LogP contribution is 2.56. The first kappa shape index (κ1) is 35.2. The lowest BCUT2D eigenvalue weighted by atomic mass is 9.74. The Bertz CT molecular complexity index is 3590. The average Bonchev–Trinajstić information content (AvgIpc) is 4.03. The molecule has 0 fully saturated rings. The molecule has 62 heavy (non-hydrogen) atoms. The third-order valence-electron chi connectivity index (χ3n) is 14.2. The predicted octanol–water partition coefficient (Wildman–Crippen LogP) is 16.3. The van der Waals surface area contributed by atoms with Gasteiger partial charge in [0.25, 0.3) is 0 Å². The Balaban J connectivity index is 1.02. The van der Waals surface area contributed by atoms with Crippen molar-refractivity contribution >= 4 is 60.9 Å². The molecule has 0 aliphatic heterocycles. The normalized spacial score (nSPS) is 14.3. The number of para-hydroxylation sites is 3. The van der Waals surface area contributed by atoms with E-state index in [1.807, 2.05) is 12.1 Å². The minimum atomic E-state index is -0.403. The van der Waals surface area contributed by atoms with E-state index in [1.54, 1.807) is 0 Å². The van der Waals surface area contributed by atoms with E-state index in [2.05, 4.69) is 208 Å². The summed E-state index contributed by atoms with van der Waals surface area (Å²) < 4.78 is 13.6. The van der Waals surface area contributed by atoms with Gasteiger partial charge in [0.15, 0.2) is 0 Å². The van der Waals surface area contributed by atoms with Crippen LogP contribution in [0.2, 0.25) is 0 Å². The molecule has 0 radical (unpaired) electrons. The first-order chi connectivity index (χ1) is 30.4. The number of hydrogen-bond acceptors (Lipinski definition) is 3. The van der Waals surface area contributed by atoms with Crippen molar-refractivity contribution < 1.29 is 8.83 Å². The quantitative estimate of drug-likeness (QED) is 0.174. The van der Waals surface area contributed by atoms with Crippen molar-refractivity contribution in [3.63, 3.8) is 0 Å². The van der Waals surface area contributed by atoms with E-state index in [4.69, 9.17) is 8.83 Å². The van der Waals surface area contributed by atoms with E-state index in [-0.39, 0.29) is 5.41 Å². The summed E-state index contributed by atoms with van der Waals surface area (Å²) in [6.45, 7) is 7.07. The number of rotatable bonds is 5. The zero-order valence-corrected chi connectivity index (χ0v) is 34.7. The van der Waals surface area contributed by atoms with Gasteiger partial charge in [0, 0.05) is 49.5 Å². The van der Waals surface area contributed by atoms with Crippen molar-refractivity contribution in [2.45, 2.75) is 31.6 Å². The van der Waals surface area contributed by atoms with Gasteiger partial charge in [0.2, 0.25) is 0 Å². The maximum absolute atomic E-state index is 7.11. The van der Waals surface area contributed by atoms with Crippen LogP contribution >= 0.6 is 0 Å². The molecule has 0 amide bonds. The molecule has 11 aromatic rings. The zero-order valence-electron chi connectivity index (χ0n) is 34.7. The molecular formula is C59H41NO2. The lowest BCUT2D eigenvalue weighted by Crippen LogP contribution is -2.22. The first-order valence-electron chi connectivity index (χ1n) is 21.6. The molecule has 3 nitrogen and oxygen atoms in total. The third kappa shape index (κ3) is 4.71. The minimum absolute atomic E-state index is 0.157. The van der Waals surface area contributed by atoms with Gasteiger partial charge in [-0.3, -0.25) is 0 Å². The number of fused-ring (bicyclic) bond motifs is 12. The fourth-order valence-corrected chi connectivity index (χ4v) is 11.2. The van der Waals surface area contributed by atoms with Crippen molar-refractivity contribution in [2.24, 2.45) is 0 Å². The second-order valence-electron chi connectivity index (χ2n) is 17.7. The second kappa shape index (κ2) is 12.7. The molecule has 0 atom stereocenters. The van der Waals surface area contributed by atoms with Gasteiger partial charge in [-0.05, 0) is 99.5 Å². The van der Waals surface area contributed by atoms with Crippen molar-refractivity contribution in [3.8, 4) is 33.4 Å². The number of benzene rings is 9. The van der Waals surface area contributed by atoms with Crippen LogP contribution in [-0.2, 0) is 10.8 Å². The summed E-state index contributed by atoms with van der Waals surface area (Å²) in [5.74, 6) is 0. The average molecular weight is 796 g/mol. The SMILES string of the molecule is CC1(C)c2ccccc2-c2ccc(N(c3ccc(-c4cccc5c4oc4ccccc45)cc3)c3cccc4oc5c(C6(C)c7ccccc7-c7ccccc76)cccc5c34)cc21. The van der Waals surface area contributed by atoms with E-state index in [9.17, 15) is 0 Å². The van der Waals surface area contributed by atoms with Crippen LogP contribution in [0.4, 0.5) is 17.1 Å². The van der Waals surface area contributed by atoms with Crippen molar-refractivity contribution in [1.29, 1.82) is 0 Å². The van der Waals surface area contributed by atoms with Gasteiger partial charge < -0.3 is 13.7 Å². The molecule has 2 aromatic heterocycles. The van der Waals surface area contributed by atoms with Crippen LogP contribution in [0.3, 0.4) is 0 Å². The highest BCUT2D eigenvalue weighted by Gasteiger charge is 2.42. The van der Waals surface area contributed by atoms with Gasteiger partial charge >= 0.3 is 0 Å². The van der Waals surface area contributed by atoms with Crippen LogP contribution < -0.4 is 4.90 Å². The predicted molar refractivity (Wildman–Crippen MR) is 256 cm³/mol. The molecule has 2 heterocycles. The molecule has 0 bridgehead atoms. The summed E-state index contributed by atoms with van der Waals surface area (Å²) in [5, 5.41) is 4.45. The van der Waals surface area contributed by atoms with Crippen LogP contribution in [0.1, 0.15) is 48.6 Å². The Morgan fingerprint density at radius 2 is 0.903 bits per heavy atom. The van der Waals surface area contributed by atoms with Crippen molar-refractivity contribution in [3.05, 3.63) is 222 Å². The third-order valence-corrected chi connectivity index (χ3v) is 14.2. The monoisotopic (exact) mass is 795 g/mol. The highest BCUT2D eigenvalue weighted by atomic mass is 16.3. The van der Waals surface area contributed by atoms with Gasteiger partial charge in [-0.15, -0.1) is 0 Å². The topological polar surface area (TPSA) is 29.5 Å². The van der Waals surface area contributed by atoms with E-state index in [0.29, 0.717) is 0 Å². The number of hydrogen-bond donors (Lipinski definition) is 0. The fourth-order valence-electron chi connectivity index (χ4n) is 11.2. The van der Waals surface area contributed by atoms with E-state index in [0.717, 1.165) is 72.1 Å². The summed E-state index contributed by atoms with van der Waals surface area (Å²) in [5.41, 5.74) is 20.1. The highest BCUT2D eigenvalue weighted by molar-refractivity contribution is 6.15. The van der Waals surface area contributed by atoms with Crippen LogP contribution in [-0.4, -0.2) is 0 Å². The molecule has 2 aliphatic rings. The molecular weight excluding hydrogens is 755 g/mol. The van der Waals surface area contributed by atoms with Crippen LogP contribution in [0.5, 0.6) is 0 Å². The van der Waals surface area contributed by atoms with Crippen molar-refractivity contribution in [1.82, 2.24) is 0 Å². The Labute approximate surface area is 360 Å². The van der Waals surface area contributed by atoms with Gasteiger partial charge in [-0.25, -0.2) is 0 Å². The maximum Gasteiger partial charge on any atom is 0.143 e. The van der Waals surface area contributed by atoms with E-state index < -0.39 is 5.41 Å². The molecule has 294 valence electrons. The molecule has 0 saturated carbocycles.